The Labute approximate surface area is 210 Å². The average molecular weight is 551 g/mol. The molecule has 34 heavy (non-hydrogen) atoms. The van der Waals surface area contributed by atoms with Gasteiger partial charge in [0.1, 0.15) is 5.82 Å². The second-order valence-corrected chi connectivity index (χ2v) is 8.82. The first kappa shape index (κ1) is 25.7. The van der Waals surface area contributed by atoms with Crippen LogP contribution in [0.25, 0.3) is 10.9 Å². The molecule has 1 heterocycles. The van der Waals surface area contributed by atoms with Crippen molar-refractivity contribution in [2.75, 3.05) is 14.2 Å². The van der Waals surface area contributed by atoms with Crippen LogP contribution in [-0.4, -0.2) is 42.2 Å². The molecule has 0 unspecified atom stereocenters. The van der Waals surface area contributed by atoms with Crippen LogP contribution in [0, 0.1) is 0 Å². The van der Waals surface area contributed by atoms with Gasteiger partial charge in [-0.25, -0.2) is 9.78 Å². The molecule has 10 heteroatoms. The fourth-order valence-corrected chi connectivity index (χ4v) is 3.86. The highest BCUT2D eigenvalue weighted by Crippen LogP contribution is 2.34. The van der Waals surface area contributed by atoms with Crippen LogP contribution in [0.15, 0.2) is 44.7 Å². The van der Waals surface area contributed by atoms with E-state index in [0.29, 0.717) is 39.5 Å². The fourth-order valence-electron chi connectivity index (χ4n) is 3.28. The second kappa shape index (κ2) is 11.5. The Kier molecular flexibility index (Phi) is 8.68. The lowest BCUT2D eigenvalue weighted by atomic mass is 10.2. The maximum absolute atomic E-state index is 13.3. The summed E-state index contributed by atoms with van der Waals surface area (Å²) in [7, 11) is 2.74. The molecule has 2 aromatic carbocycles. The van der Waals surface area contributed by atoms with Crippen molar-refractivity contribution in [2.24, 2.45) is 5.10 Å². The van der Waals surface area contributed by atoms with Gasteiger partial charge in [-0.3, -0.25) is 4.79 Å². The smallest absolute Gasteiger partial charge is 0.346 e. The van der Waals surface area contributed by atoms with E-state index >= 15 is 0 Å². The van der Waals surface area contributed by atoms with E-state index in [4.69, 9.17) is 25.8 Å². The van der Waals surface area contributed by atoms with Gasteiger partial charge in [-0.2, -0.15) is 9.78 Å². The number of unbranched alkanes of at least 4 members (excludes halogenated alkanes) is 1. The Hall–Kier alpha value is -2.91. The van der Waals surface area contributed by atoms with Crippen LogP contribution in [0.4, 0.5) is 0 Å². The summed E-state index contributed by atoms with van der Waals surface area (Å²) < 4.78 is 18.0. The lowest BCUT2D eigenvalue weighted by Gasteiger charge is -2.17. The van der Waals surface area contributed by atoms with Crippen LogP contribution in [-0.2, 0) is 16.0 Å². The first-order valence-electron chi connectivity index (χ1n) is 10.7. The summed E-state index contributed by atoms with van der Waals surface area (Å²) in [5.74, 6) is 0.539. The first-order valence-corrected chi connectivity index (χ1v) is 11.8. The molecule has 1 atom stereocenters. The third-order valence-corrected chi connectivity index (χ3v) is 5.75. The third-order valence-electron chi connectivity index (χ3n) is 5.04. The molecule has 8 nitrogen and oxygen atoms in total. The molecule has 0 aliphatic rings. The van der Waals surface area contributed by atoms with Crippen LogP contribution >= 0.6 is 27.5 Å². The summed E-state index contributed by atoms with van der Waals surface area (Å²) >= 11 is 9.66. The van der Waals surface area contributed by atoms with Crippen molar-refractivity contribution in [3.63, 3.8) is 0 Å². The lowest BCUT2D eigenvalue weighted by Crippen LogP contribution is -2.25. The van der Waals surface area contributed by atoms with Gasteiger partial charge < -0.3 is 14.2 Å². The Balaban J connectivity index is 2.15. The quantitative estimate of drug-likeness (QED) is 0.275. The number of hydrogen-bond acceptors (Lipinski definition) is 7. The van der Waals surface area contributed by atoms with E-state index in [1.807, 2.05) is 6.07 Å². The van der Waals surface area contributed by atoms with Crippen LogP contribution in [0.5, 0.6) is 11.5 Å². The van der Waals surface area contributed by atoms with Gasteiger partial charge in [-0.1, -0.05) is 40.9 Å². The minimum atomic E-state index is -0.908. The number of halogens is 2. The van der Waals surface area contributed by atoms with Gasteiger partial charge in [0.15, 0.2) is 17.6 Å². The van der Waals surface area contributed by atoms with Gasteiger partial charge in [-0.15, -0.1) is 0 Å². The number of methoxy groups -OCH3 is 2. The van der Waals surface area contributed by atoms with Gasteiger partial charge in [0.2, 0.25) is 0 Å². The van der Waals surface area contributed by atoms with Gasteiger partial charge in [0, 0.05) is 27.5 Å². The zero-order valence-corrected chi connectivity index (χ0v) is 21.6. The number of aromatic nitrogens is 2. The molecule has 3 aromatic rings. The van der Waals surface area contributed by atoms with Crippen molar-refractivity contribution >= 4 is 50.6 Å². The van der Waals surface area contributed by atoms with Crippen LogP contribution in [0.1, 0.15) is 38.1 Å². The maximum atomic E-state index is 13.3. The van der Waals surface area contributed by atoms with E-state index in [9.17, 15) is 9.59 Å². The predicted molar refractivity (Wildman–Crippen MR) is 135 cm³/mol. The van der Waals surface area contributed by atoms with Gasteiger partial charge in [0.25, 0.3) is 5.56 Å². The molecule has 0 amide bonds. The molecule has 0 aliphatic heterocycles. The first-order chi connectivity index (χ1) is 16.3. The van der Waals surface area contributed by atoms with Crippen molar-refractivity contribution in [3.8, 4) is 11.5 Å². The van der Waals surface area contributed by atoms with Crippen molar-refractivity contribution < 1.29 is 19.0 Å². The molecule has 0 saturated heterocycles. The van der Waals surface area contributed by atoms with Crippen molar-refractivity contribution in [1.29, 1.82) is 0 Å². The highest BCUT2D eigenvalue weighted by Gasteiger charge is 2.20. The summed E-state index contributed by atoms with van der Waals surface area (Å²) in [6.07, 6.45) is 2.90. The van der Waals surface area contributed by atoms with Crippen molar-refractivity contribution in [2.45, 2.75) is 39.2 Å². The summed E-state index contributed by atoms with van der Waals surface area (Å²) in [6.45, 7) is 3.62. The Morgan fingerprint density at radius 3 is 2.74 bits per heavy atom. The van der Waals surface area contributed by atoms with Gasteiger partial charge in [-0.05, 0) is 37.6 Å². The van der Waals surface area contributed by atoms with E-state index in [0.717, 1.165) is 17.3 Å². The number of carbonyl (C=O) groups is 1. The SMILES string of the molecule is CCCCc1nc2ccc(Br)cc2c(=O)n1N=Cc1cc(Cl)cc(OC)c1O[C@@H](C)C(=O)OC. The number of carbonyl (C=O) groups excluding carboxylic acids is 1. The number of nitrogens with zero attached hydrogens (tertiary/aromatic N) is 3. The second-order valence-electron chi connectivity index (χ2n) is 7.46. The number of aryl methyl sites for hydroxylation is 1. The van der Waals surface area contributed by atoms with Crippen LogP contribution in [0.3, 0.4) is 0 Å². The number of benzene rings is 2. The minimum Gasteiger partial charge on any atom is -0.493 e. The van der Waals surface area contributed by atoms with E-state index in [2.05, 4.69) is 32.9 Å². The predicted octanol–water partition coefficient (Wildman–Crippen LogP) is 4.99. The minimum absolute atomic E-state index is 0.244. The molecule has 1 aromatic heterocycles. The van der Waals surface area contributed by atoms with Crippen molar-refractivity contribution in [1.82, 2.24) is 9.66 Å². The topological polar surface area (TPSA) is 92.0 Å². The molecule has 0 bridgehead atoms. The maximum Gasteiger partial charge on any atom is 0.346 e. The monoisotopic (exact) mass is 549 g/mol. The standard InChI is InChI=1S/C24H25BrClN3O5/c1-5-6-7-21-28-19-9-8-16(25)11-18(19)23(30)29(21)27-13-15-10-17(26)12-20(32-3)22(15)34-14(2)24(31)33-4/h8-14H,5-7H2,1-4H3/t14-/m0/s1. The highest BCUT2D eigenvalue weighted by atomic mass is 79.9. The number of rotatable bonds is 9. The molecule has 0 spiro atoms. The Bertz CT molecular complexity index is 1290. The molecular formula is C24H25BrClN3O5. The zero-order chi connectivity index (χ0) is 24.8. The van der Waals surface area contributed by atoms with E-state index in [1.165, 1.54) is 25.1 Å². The van der Waals surface area contributed by atoms with Crippen LogP contribution in [0.2, 0.25) is 5.02 Å². The normalized spacial score (nSPS) is 12.2. The van der Waals surface area contributed by atoms with Gasteiger partial charge >= 0.3 is 5.97 Å². The molecular weight excluding hydrogens is 526 g/mol. The number of esters is 1. The molecule has 3 rings (SSSR count). The number of hydrogen-bond donors (Lipinski definition) is 0. The highest BCUT2D eigenvalue weighted by molar-refractivity contribution is 9.10. The van der Waals surface area contributed by atoms with E-state index < -0.39 is 12.1 Å². The Morgan fingerprint density at radius 2 is 2.06 bits per heavy atom. The van der Waals surface area contributed by atoms with E-state index in [1.54, 1.807) is 31.2 Å². The average Bonchev–Trinajstić information content (AvgIpc) is 2.83. The molecule has 0 fully saturated rings. The molecule has 0 saturated carbocycles. The number of ether oxygens (including phenoxy) is 3. The molecule has 0 N–H and O–H groups in total. The molecule has 0 aliphatic carbocycles. The third kappa shape index (κ3) is 5.77. The largest absolute Gasteiger partial charge is 0.493 e. The van der Waals surface area contributed by atoms with E-state index in [-0.39, 0.29) is 11.3 Å². The lowest BCUT2D eigenvalue weighted by molar-refractivity contribution is -0.147. The van der Waals surface area contributed by atoms with Crippen molar-refractivity contribution in [3.05, 3.63) is 61.6 Å². The Morgan fingerprint density at radius 1 is 1.29 bits per heavy atom. The summed E-state index contributed by atoms with van der Waals surface area (Å²) in [5.41, 5.74) is 0.724. The zero-order valence-electron chi connectivity index (χ0n) is 19.3. The van der Waals surface area contributed by atoms with Crippen LogP contribution < -0.4 is 15.0 Å². The fraction of sp³-hybridized carbons (Fsp3) is 0.333. The summed E-state index contributed by atoms with van der Waals surface area (Å²) in [5, 5.41) is 5.26. The summed E-state index contributed by atoms with van der Waals surface area (Å²) in [6, 6.07) is 8.53. The summed E-state index contributed by atoms with van der Waals surface area (Å²) in [4.78, 5) is 29.9. The molecule has 0 radical (unpaired) electrons. The number of fused-ring (bicyclic) bond motifs is 1. The molecule has 180 valence electrons. The van der Waals surface area contributed by atoms with Gasteiger partial charge in [0.05, 0.1) is 31.3 Å².